The lowest BCUT2D eigenvalue weighted by molar-refractivity contribution is -0.132. The number of aliphatic carboxylic acids is 1. The van der Waals surface area contributed by atoms with Crippen LogP contribution in [-0.2, 0) is 9.59 Å². The minimum Gasteiger partial charge on any atom is -0.478 e. The van der Waals surface area contributed by atoms with Crippen LogP contribution in [0.25, 0.3) is 0 Å². The minimum atomic E-state index is -0.806. The van der Waals surface area contributed by atoms with Gasteiger partial charge >= 0.3 is 5.97 Å². The van der Waals surface area contributed by atoms with Gasteiger partial charge in [-0.3, -0.25) is 4.79 Å². The Balaban J connectivity index is -0.000000317. The van der Waals surface area contributed by atoms with Gasteiger partial charge in [-0.1, -0.05) is 46.8 Å². The van der Waals surface area contributed by atoms with E-state index in [2.05, 4.69) is 20.4 Å². The number of allylic oxidation sites excluding steroid dienone is 2. The van der Waals surface area contributed by atoms with Crippen LogP contribution in [0.2, 0.25) is 0 Å². The number of hydrogen-bond acceptors (Lipinski definition) is 3. The van der Waals surface area contributed by atoms with Gasteiger partial charge in [0, 0.05) is 11.1 Å². The normalized spacial score (nSPS) is 12.1. The third-order valence-corrected chi connectivity index (χ3v) is 4.33. The molecule has 0 aromatic heterocycles. The molecule has 0 amide bonds. The van der Waals surface area contributed by atoms with E-state index >= 15 is 0 Å². The van der Waals surface area contributed by atoms with Crippen molar-refractivity contribution in [2.75, 3.05) is 0 Å². The second-order valence-corrected chi connectivity index (χ2v) is 6.88. The average Bonchev–Trinajstić information content (AvgIpc) is 2.55. The van der Waals surface area contributed by atoms with Crippen molar-refractivity contribution in [3.05, 3.63) is 23.8 Å². The van der Waals surface area contributed by atoms with E-state index < -0.39 is 16.8 Å². The van der Waals surface area contributed by atoms with Gasteiger partial charge in [-0.15, -0.1) is 0 Å². The summed E-state index contributed by atoms with van der Waals surface area (Å²) in [5.74, 6) is -0.109. The summed E-state index contributed by atoms with van der Waals surface area (Å²) in [5.41, 5.74) is 0.426. The number of aliphatic hydroxyl groups is 1. The van der Waals surface area contributed by atoms with E-state index in [-0.39, 0.29) is 0 Å². The molecule has 0 aromatic rings. The van der Waals surface area contributed by atoms with Crippen LogP contribution in [0.5, 0.6) is 0 Å². The summed E-state index contributed by atoms with van der Waals surface area (Å²) in [4.78, 5) is 20.2. The maximum absolute atomic E-state index is 10.4. The molecule has 0 saturated heterocycles. The first-order valence-electron chi connectivity index (χ1n) is 8.82. The lowest BCUT2D eigenvalue weighted by atomic mass is 10.0. The molecule has 0 aliphatic carbocycles. The molecule has 0 spiro atoms. The number of carboxylic acid groups (broad SMARTS) is 1. The molecule has 1 unspecified atom stereocenters. The molecular formula is C20H37ClO4. The molecule has 1 atom stereocenters. The highest BCUT2D eigenvalue weighted by Crippen LogP contribution is 2.11. The van der Waals surface area contributed by atoms with E-state index in [0.717, 1.165) is 25.7 Å². The van der Waals surface area contributed by atoms with Crippen molar-refractivity contribution in [3.8, 4) is 0 Å². The first-order chi connectivity index (χ1) is 11.3. The topological polar surface area (TPSA) is 74.6 Å². The SMILES string of the molecule is C=C(C)C(=O)Cl.CCC(C)(O)CC.CCC(C)CCC=C(C)C(=O)O. The molecule has 2 N–H and O–H groups in total. The Bertz CT molecular complexity index is 407. The van der Waals surface area contributed by atoms with E-state index in [4.69, 9.17) is 21.8 Å². The van der Waals surface area contributed by atoms with Crippen molar-refractivity contribution < 1.29 is 19.8 Å². The Hall–Kier alpha value is -1.13. The third-order valence-electron chi connectivity index (χ3n) is 4.00. The van der Waals surface area contributed by atoms with Crippen molar-refractivity contribution in [1.82, 2.24) is 0 Å². The van der Waals surface area contributed by atoms with Crippen LogP contribution in [0.15, 0.2) is 23.8 Å². The molecule has 0 radical (unpaired) electrons. The van der Waals surface area contributed by atoms with Crippen molar-refractivity contribution in [1.29, 1.82) is 0 Å². The van der Waals surface area contributed by atoms with Crippen LogP contribution < -0.4 is 0 Å². The lowest BCUT2D eigenvalue weighted by Gasteiger charge is -2.17. The Morgan fingerprint density at radius 1 is 1.20 bits per heavy atom. The molecule has 0 fully saturated rings. The highest BCUT2D eigenvalue weighted by Gasteiger charge is 2.12. The van der Waals surface area contributed by atoms with E-state index in [1.165, 1.54) is 6.42 Å². The van der Waals surface area contributed by atoms with Gasteiger partial charge in [0.05, 0.1) is 5.60 Å². The van der Waals surface area contributed by atoms with Crippen LogP contribution in [0.1, 0.15) is 80.6 Å². The monoisotopic (exact) mass is 376 g/mol. The van der Waals surface area contributed by atoms with Crippen LogP contribution in [0.3, 0.4) is 0 Å². The fourth-order valence-corrected chi connectivity index (χ4v) is 1.13. The molecule has 25 heavy (non-hydrogen) atoms. The Labute approximate surface area is 159 Å². The Kier molecular flexibility index (Phi) is 18.7. The standard InChI is InChI=1S/C10H18O2.C6H14O.C4H5ClO/c1-4-8(2)6-5-7-9(3)10(11)12;1-4-6(3,7)5-2;1-3(2)4(5)6/h7-8H,4-6H2,1-3H3,(H,11,12);7H,4-5H2,1-3H3;1H2,2H3. The average molecular weight is 377 g/mol. The van der Waals surface area contributed by atoms with Gasteiger partial charge in [0.1, 0.15) is 0 Å². The highest BCUT2D eigenvalue weighted by molar-refractivity contribution is 6.67. The lowest BCUT2D eigenvalue weighted by Crippen LogP contribution is -2.20. The fourth-order valence-electron chi connectivity index (χ4n) is 1.13. The number of carbonyl (C=O) groups excluding carboxylic acids is 1. The van der Waals surface area contributed by atoms with Gasteiger partial charge in [-0.05, 0) is 64.0 Å². The largest absolute Gasteiger partial charge is 0.478 e. The molecule has 0 saturated carbocycles. The summed E-state index contributed by atoms with van der Waals surface area (Å²) in [6.07, 6.45) is 6.63. The van der Waals surface area contributed by atoms with E-state index in [9.17, 15) is 9.59 Å². The molecule has 5 heteroatoms. The zero-order valence-electron chi connectivity index (χ0n) is 17.0. The number of halogens is 1. The number of carbonyl (C=O) groups is 2. The van der Waals surface area contributed by atoms with Gasteiger partial charge in [0.25, 0.3) is 0 Å². The molecular weight excluding hydrogens is 340 g/mol. The van der Waals surface area contributed by atoms with Crippen LogP contribution >= 0.6 is 11.6 Å². The first-order valence-corrected chi connectivity index (χ1v) is 9.20. The maximum Gasteiger partial charge on any atom is 0.330 e. The van der Waals surface area contributed by atoms with Crippen LogP contribution in [0, 0.1) is 5.92 Å². The second-order valence-electron chi connectivity index (χ2n) is 6.54. The smallest absolute Gasteiger partial charge is 0.330 e. The summed E-state index contributed by atoms with van der Waals surface area (Å²) < 4.78 is 0. The maximum atomic E-state index is 10.4. The van der Waals surface area contributed by atoms with Gasteiger partial charge in [-0.2, -0.15) is 0 Å². The van der Waals surface area contributed by atoms with Crippen molar-refractivity contribution >= 4 is 22.8 Å². The van der Waals surface area contributed by atoms with E-state index in [1.54, 1.807) is 19.9 Å². The number of rotatable bonds is 8. The second kappa shape index (κ2) is 16.3. The molecule has 0 heterocycles. The molecule has 148 valence electrons. The molecule has 0 bridgehead atoms. The van der Waals surface area contributed by atoms with Gasteiger partial charge < -0.3 is 10.2 Å². The Morgan fingerprint density at radius 2 is 1.60 bits per heavy atom. The molecule has 0 aliphatic heterocycles. The minimum absolute atomic E-state index is 0.386. The predicted molar refractivity (Wildman–Crippen MR) is 107 cm³/mol. The number of carboxylic acids is 1. The first kappa shape index (κ1) is 28.7. The van der Waals surface area contributed by atoms with Gasteiger partial charge in [-0.25, -0.2) is 4.79 Å². The summed E-state index contributed by atoms with van der Waals surface area (Å²) in [6, 6.07) is 0. The van der Waals surface area contributed by atoms with Gasteiger partial charge in [0.2, 0.25) is 5.24 Å². The molecule has 0 aromatic carbocycles. The summed E-state index contributed by atoms with van der Waals surface area (Å²) in [7, 11) is 0. The van der Waals surface area contributed by atoms with Crippen LogP contribution in [0.4, 0.5) is 0 Å². The molecule has 4 nitrogen and oxygen atoms in total. The quantitative estimate of drug-likeness (QED) is 0.419. The van der Waals surface area contributed by atoms with Gasteiger partial charge in [0.15, 0.2) is 0 Å². The van der Waals surface area contributed by atoms with E-state index in [0.29, 0.717) is 17.1 Å². The summed E-state index contributed by atoms with van der Waals surface area (Å²) >= 11 is 4.87. The summed E-state index contributed by atoms with van der Waals surface area (Å²) in [6.45, 7) is 16.6. The highest BCUT2D eigenvalue weighted by atomic mass is 35.5. The zero-order valence-corrected chi connectivity index (χ0v) is 17.7. The summed E-state index contributed by atoms with van der Waals surface area (Å²) in [5, 5.41) is 17.2. The van der Waals surface area contributed by atoms with E-state index in [1.807, 2.05) is 20.8 Å². The Morgan fingerprint density at radius 3 is 1.80 bits per heavy atom. The predicted octanol–water partition coefficient (Wildman–Crippen LogP) is 5.73. The molecule has 0 aliphatic rings. The van der Waals surface area contributed by atoms with Crippen molar-refractivity contribution in [2.45, 2.75) is 86.2 Å². The third kappa shape index (κ3) is 22.9. The van der Waals surface area contributed by atoms with Crippen LogP contribution in [-0.4, -0.2) is 27.0 Å². The molecule has 0 rings (SSSR count). The van der Waals surface area contributed by atoms with Crippen molar-refractivity contribution in [2.24, 2.45) is 5.92 Å². The fraction of sp³-hybridized carbons (Fsp3) is 0.700. The number of hydrogen-bond donors (Lipinski definition) is 2. The zero-order chi connectivity index (χ0) is 20.6. The van der Waals surface area contributed by atoms with Crippen molar-refractivity contribution in [3.63, 3.8) is 0 Å².